The molecule has 2 aliphatic rings. The van der Waals surface area contributed by atoms with E-state index < -0.39 is 16.9 Å². The van der Waals surface area contributed by atoms with Crippen LogP contribution in [-0.2, 0) is 10.4 Å². The molecule has 2 aromatic rings. The number of piperidine rings is 1. The molecule has 1 saturated carbocycles. The van der Waals surface area contributed by atoms with Gasteiger partial charge in [0.25, 0.3) is 5.91 Å². The Morgan fingerprint density at radius 2 is 1.72 bits per heavy atom. The maximum Gasteiger partial charge on any atom is 0.251 e. The fraction of sp³-hybridized carbons (Fsp3) is 0.464. The Morgan fingerprint density at radius 1 is 1.06 bits per heavy atom. The summed E-state index contributed by atoms with van der Waals surface area (Å²) < 4.78 is 0. The van der Waals surface area contributed by atoms with Crippen molar-refractivity contribution < 1.29 is 19.5 Å². The van der Waals surface area contributed by atoms with Crippen LogP contribution in [0.15, 0.2) is 48.5 Å². The van der Waals surface area contributed by atoms with Crippen LogP contribution in [0.25, 0.3) is 0 Å². The number of nitrogens with zero attached hydrogens (tertiary/aromatic N) is 1. The zero-order valence-electron chi connectivity index (χ0n) is 20.8. The quantitative estimate of drug-likeness (QED) is 0.565. The Bertz CT molecular complexity index is 1150. The lowest BCUT2D eigenvalue weighted by atomic mass is 9.66. The zero-order chi connectivity index (χ0) is 26.1. The number of nitrogens with one attached hydrogen (secondary N) is 1. The number of benzene rings is 2. The van der Waals surface area contributed by atoms with Gasteiger partial charge in [-0.2, -0.15) is 0 Å². The number of aliphatic hydroxyl groups is 1. The molecule has 7 nitrogen and oxygen atoms in total. The number of halogens is 1. The minimum Gasteiger partial charge on any atom is -0.384 e. The first-order valence-electron chi connectivity index (χ1n) is 12.5. The Kier molecular flexibility index (Phi) is 7.43. The monoisotopic (exact) mass is 511 g/mol. The van der Waals surface area contributed by atoms with Crippen LogP contribution in [0.1, 0.15) is 72.2 Å². The predicted octanol–water partition coefficient (Wildman–Crippen LogP) is 3.87. The second-order valence-electron chi connectivity index (χ2n) is 10.7. The van der Waals surface area contributed by atoms with Gasteiger partial charge in [0.1, 0.15) is 0 Å². The fourth-order valence-corrected chi connectivity index (χ4v) is 5.80. The van der Waals surface area contributed by atoms with Crippen molar-refractivity contribution in [3.8, 4) is 0 Å². The molecule has 3 amide bonds. The van der Waals surface area contributed by atoms with Crippen molar-refractivity contribution in [2.75, 3.05) is 13.1 Å². The molecule has 0 radical (unpaired) electrons. The molecule has 0 spiro atoms. The van der Waals surface area contributed by atoms with Crippen LogP contribution in [0.5, 0.6) is 0 Å². The fourth-order valence-electron chi connectivity index (χ4n) is 5.67. The maximum absolute atomic E-state index is 13.7. The molecule has 1 aliphatic heterocycles. The van der Waals surface area contributed by atoms with Crippen LogP contribution in [0.3, 0.4) is 0 Å². The first kappa shape index (κ1) is 26.2. The van der Waals surface area contributed by atoms with Gasteiger partial charge in [-0.05, 0) is 55.2 Å². The summed E-state index contributed by atoms with van der Waals surface area (Å²) in [6, 6.07) is 13.2. The van der Waals surface area contributed by atoms with Gasteiger partial charge in [-0.3, -0.25) is 14.4 Å². The standard InChI is InChI=1S/C28H34ClN3O4/c1-27(2)17-32(15-14-28(27,36)20-10-12-21(29)13-11-20)26(35)22-8-3-4-9-23(22)31-25(34)19-7-5-6-18(16-19)24(30)33/h5-7,10-13,16,22-23,36H,3-4,8-9,14-15,17H2,1-2H3,(H2,30,33)(H,31,34)/t22-,23+,28-/m0/s1. The Labute approximate surface area is 217 Å². The van der Waals surface area contributed by atoms with Gasteiger partial charge in [-0.1, -0.05) is 56.5 Å². The molecular formula is C28H34ClN3O4. The van der Waals surface area contributed by atoms with E-state index in [1.54, 1.807) is 30.3 Å². The molecule has 4 N–H and O–H groups in total. The van der Waals surface area contributed by atoms with E-state index >= 15 is 0 Å². The zero-order valence-corrected chi connectivity index (χ0v) is 21.6. The Hall–Kier alpha value is -2.90. The van der Waals surface area contributed by atoms with Crippen molar-refractivity contribution in [1.82, 2.24) is 10.2 Å². The van der Waals surface area contributed by atoms with Crippen LogP contribution in [0.4, 0.5) is 0 Å². The average Bonchev–Trinajstić information content (AvgIpc) is 2.86. The summed E-state index contributed by atoms with van der Waals surface area (Å²) in [4.78, 5) is 40.0. The van der Waals surface area contributed by atoms with Crippen molar-refractivity contribution in [2.24, 2.45) is 17.1 Å². The van der Waals surface area contributed by atoms with E-state index in [2.05, 4.69) is 5.32 Å². The molecule has 0 aromatic heterocycles. The molecule has 1 aliphatic carbocycles. The number of hydrogen-bond donors (Lipinski definition) is 3. The van der Waals surface area contributed by atoms with E-state index in [4.69, 9.17) is 17.3 Å². The largest absolute Gasteiger partial charge is 0.384 e. The minimum absolute atomic E-state index is 0.0112. The van der Waals surface area contributed by atoms with Crippen molar-refractivity contribution in [1.29, 1.82) is 0 Å². The molecule has 1 heterocycles. The highest BCUT2D eigenvalue weighted by Gasteiger charge is 2.50. The number of carbonyl (C=O) groups excluding carboxylic acids is 3. The number of rotatable bonds is 5. The Balaban J connectivity index is 1.48. The van der Waals surface area contributed by atoms with Crippen LogP contribution < -0.4 is 11.1 Å². The number of carbonyl (C=O) groups is 3. The van der Waals surface area contributed by atoms with Crippen LogP contribution in [0.2, 0.25) is 5.02 Å². The predicted molar refractivity (Wildman–Crippen MR) is 138 cm³/mol. The van der Waals surface area contributed by atoms with Gasteiger partial charge >= 0.3 is 0 Å². The van der Waals surface area contributed by atoms with E-state index in [1.807, 2.05) is 30.9 Å². The lowest BCUT2D eigenvalue weighted by Crippen LogP contribution is -2.59. The molecule has 4 rings (SSSR count). The molecule has 0 bridgehead atoms. The number of hydrogen-bond acceptors (Lipinski definition) is 4. The highest BCUT2D eigenvalue weighted by molar-refractivity contribution is 6.30. The summed E-state index contributed by atoms with van der Waals surface area (Å²) in [7, 11) is 0. The lowest BCUT2D eigenvalue weighted by Gasteiger charge is -2.51. The molecule has 1 saturated heterocycles. The Morgan fingerprint density at radius 3 is 2.39 bits per heavy atom. The van der Waals surface area contributed by atoms with E-state index in [1.165, 1.54) is 6.07 Å². The molecule has 36 heavy (non-hydrogen) atoms. The van der Waals surface area contributed by atoms with E-state index in [9.17, 15) is 19.5 Å². The van der Waals surface area contributed by atoms with Gasteiger partial charge in [-0.25, -0.2) is 0 Å². The number of nitrogens with two attached hydrogens (primary N) is 1. The van der Waals surface area contributed by atoms with E-state index in [0.29, 0.717) is 42.9 Å². The molecule has 0 unspecified atom stereocenters. The van der Waals surface area contributed by atoms with E-state index in [-0.39, 0.29) is 29.3 Å². The third-order valence-corrected chi connectivity index (χ3v) is 8.14. The van der Waals surface area contributed by atoms with Crippen LogP contribution in [0, 0.1) is 11.3 Å². The SMILES string of the molecule is CC1(C)CN(C(=O)[C@H]2CCCC[C@H]2NC(=O)c2cccc(C(N)=O)c2)CC[C@]1(O)c1ccc(Cl)cc1. The van der Waals surface area contributed by atoms with Crippen molar-refractivity contribution in [3.63, 3.8) is 0 Å². The summed E-state index contributed by atoms with van der Waals surface area (Å²) >= 11 is 6.04. The summed E-state index contributed by atoms with van der Waals surface area (Å²) in [5.74, 6) is -1.24. The van der Waals surface area contributed by atoms with Crippen LogP contribution >= 0.6 is 11.6 Å². The molecule has 2 aromatic carbocycles. The topological polar surface area (TPSA) is 113 Å². The third kappa shape index (κ3) is 5.13. The van der Waals surface area contributed by atoms with Gasteiger partial charge in [0.2, 0.25) is 11.8 Å². The number of primary amides is 1. The third-order valence-electron chi connectivity index (χ3n) is 7.89. The summed E-state index contributed by atoms with van der Waals surface area (Å²) in [5.41, 5.74) is 5.09. The van der Waals surface area contributed by atoms with Gasteiger partial charge in [0.05, 0.1) is 11.5 Å². The van der Waals surface area contributed by atoms with Gasteiger partial charge in [-0.15, -0.1) is 0 Å². The van der Waals surface area contributed by atoms with Crippen molar-refractivity contribution in [2.45, 2.75) is 57.6 Å². The normalized spacial score (nSPS) is 25.7. The average molecular weight is 512 g/mol. The highest BCUT2D eigenvalue weighted by Crippen LogP contribution is 2.46. The lowest BCUT2D eigenvalue weighted by molar-refractivity contribution is -0.158. The number of amides is 3. The van der Waals surface area contributed by atoms with Gasteiger partial charge in [0, 0.05) is 40.7 Å². The highest BCUT2D eigenvalue weighted by atomic mass is 35.5. The van der Waals surface area contributed by atoms with Gasteiger partial charge < -0.3 is 21.1 Å². The first-order valence-corrected chi connectivity index (χ1v) is 12.9. The second-order valence-corrected chi connectivity index (χ2v) is 11.1. The molecule has 192 valence electrons. The summed E-state index contributed by atoms with van der Waals surface area (Å²) in [5, 5.41) is 15.3. The van der Waals surface area contributed by atoms with E-state index in [0.717, 1.165) is 18.4 Å². The smallest absolute Gasteiger partial charge is 0.251 e. The molecule has 3 atom stereocenters. The molecule has 8 heteroatoms. The molecular weight excluding hydrogens is 478 g/mol. The maximum atomic E-state index is 13.7. The van der Waals surface area contributed by atoms with Gasteiger partial charge in [0.15, 0.2) is 0 Å². The first-order chi connectivity index (χ1) is 17.0. The number of likely N-dealkylation sites (tertiary alicyclic amines) is 1. The van der Waals surface area contributed by atoms with Crippen LogP contribution in [-0.4, -0.2) is 46.9 Å². The molecule has 2 fully saturated rings. The van der Waals surface area contributed by atoms with Crippen molar-refractivity contribution in [3.05, 3.63) is 70.2 Å². The minimum atomic E-state index is -1.08. The summed E-state index contributed by atoms with van der Waals surface area (Å²) in [6.45, 7) is 4.79. The van der Waals surface area contributed by atoms with Crippen molar-refractivity contribution >= 4 is 29.3 Å². The second kappa shape index (κ2) is 10.2. The summed E-state index contributed by atoms with van der Waals surface area (Å²) in [6.07, 6.45) is 3.67.